The van der Waals surface area contributed by atoms with Crippen LogP contribution in [0.25, 0.3) is 0 Å². The van der Waals surface area contributed by atoms with Crippen LogP contribution in [-0.4, -0.2) is 77.0 Å². The molecular weight excluding hydrogens is 422 g/mol. The van der Waals surface area contributed by atoms with Crippen LogP contribution < -0.4 is 33.2 Å². The Kier molecular flexibility index (Phi) is 12.8. The number of aliphatic carboxylic acids is 1. The van der Waals surface area contributed by atoms with Crippen LogP contribution in [0.4, 0.5) is 0 Å². The normalized spacial score (nSPS) is 14.6. The summed E-state index contributed by atoms with van der Waals surface area (Å²) in [5, 5.41) is 16.1. The van der Waals surface area contributed by atoms with Crippen molar-refractivity contribution in [1.82, 2.24) is 16.0 Å². The van der Waals surface area contributed by atoms with E-state index >= 15 is 0 Å². The standard InChI is InChI=1S/C15H29N7O5S2/c1-7(14(26)27)20-13(25)10(6-29)22-12(24)9(3-2-4-19-15(17)18)21-11(23)8(16)5-28/h7-10,28-29H,2-6,16H2,1H3,(H,20,25)(H,21,23)(H,22,24)(H,26,27)(H4,17,18,19). The minimum absolute atomic E-state index is 0.0723. The lowest BCUT2D eigenvalue weighted by Gasteiger charge is -2.23. The second-order valence-electron chi connectivity index (χ2n) is 6.11. The molecule has 0 aromatic rings. The van der Waals surface area contributed by atoms with Gasteiger partial charge in [-0.3, -0.25) is 24.2 Å². The zero-order valence-electron chi connectivity index (χ0n) is 16.0. The number of hydrogen-bond donors (Lipinski definition) is 9. The average molecular weight is 452 g/mol. The van der Waals surface area contributed by atoms with Gasteiger partial charge in [-0.1, -0.05) is 0 Å². The van der Waals surface area contributed by atoms with E-state index in [0.29, 0.717) is 6.42 Å². The molecule has 0 aromatic heterocycles. The van der Waals surface area contributed by atoms with E-state index in [0.717, 1.165) is 0 Å². The number of rotatable bonds is 13. The van der Waals surface area contributed by atoms with Crippen LogP contribution >= 0.6 is 25.3 Å². The molecule has 0 radical (unpaired) electrons. The quantitative estimate of drug-likeness (QED) is 0.0599. The number of nitrogens with one attached hydrogen (secondary N) is 3. The first-order valence-electron chi connectivity index (χ1n) is 8.70. The van der Waals surface area contributed by atoms with Crippen molar-refractivity contribution in [2.24, 2.45) is 22.2 Å². The van der Waals surface area contributed by atoms with Gasteiger partial charge in [-0.25, -0.2) is 0 Å². The largest absolute Gasteiger partial charge is 0.480 e. The molecule has 12 nitrogen and oxygen atoms in total. The fourth-order valence-electron chi connectivity index (χ4n) is 1.98. The molecule has 14 heteroatoms. The fourth-order valence-corrected chi connectivity index (χ4v) is 2.40. The van der Waals surface area contributed by atoms with Gasteiger partial charge in [0.2, 0.25) is 17.7 Å². The van der Waals surface area contributed by atoms with E-state index in [-0.39, 0.29) is 30.4 Å². The predicted octanol–water partition coefficient (Wildman–Crippen LogP) is -3.21. The van der Waals surface area contributed by atoms with Gasteiger partial charge in [-0.05, 0) is 19.8 Å². The zero-order chi connectivity index (χ0) is 22.6. The Labute approximate surface area is 179 Å². The van der Waals surface area contributed by atoms with Crippen molar-refractivity contribution >= 4 is 54.9 Å². The minimum Gasteiger partial charge on any atom is -0.480 e. The molecule has 0 aliphatic heterocycles. The van der Waals surface area contributed by atoms with Gasteiger partial charge < -0.3 is 38.3 Å². The molecule has 0 saturated carbocycles. The Morgan fingerprint density at radius 3 is 2.00 bits per heavy atom. The highest BCUT2D eigenvalue weighted by Gasteiger charge is 2.28. The lowest BCUT2D eigenvalue weighted by Crippen LogP contribution is -2.57. The van der Waals surface area contributed by atoms with E-state index in [2.05, 4.69) is 46.2 Å². The minimum atomic E-state index is -1.23. The van der Waals surface area contributed by atoms with Gasteiger partial charge >= 0.3 is 5.97 Å². The van der Waals surface area contributed by atoms with Crippen molar-refractivity contribution in [2.45, 2.75) is 43.9 Å². The maximum absolute atomic E-state index is 12.6. The van der Waals surface area contributed by atoms with Crippen LogP contribution in [0.3, 0.4) is 0 Å². The molecule has 0 heterocycles. The fraction of sp³-hybridized carbons (Fsp3) is 0.667. The van der Waals surface area contributed by atoms with Crippen LogP contribution in [0.1, 0.15) is 19.8 Å². The molecule has 10 N–H and O–H groups in total. The summed E-state index contributed by atoms with van der Waals surface area (Å²) in [5.74, 6) is -3.32. The second kappa shape index (κ2) is 13.9. The zero-order valence-corrected chi connectivity index (χ0v) is 17.8. The van der Waals surface area contributed by atoms with Crippen molar-refractivity contribution in [3.8, 4) is 0 Å². The summed E-state index contributed by atoms with van der Waals surface area (Å²) < 4.78 is 0. The number of carbonyl (C=O) groups excluding carboxylic acids is 3. The number of carboxylic acid groups (broad SMARTS) is 1. The highest BCUT2D eigenvalue weighted by Crippen LogP contribution is 2.02. The third-order valence-corrected chi connectivity index (χ3v) is 4.42. The summed E-state index contributed by atoms with van der Waals surface area (Å²) in [5.41, 5.74) is 16.1. The van der Waals surface area contributed by atoms with Gasteiger partial charge in [0.05, 0.1) is 6.04 Å². The van der Waals surface area contributed by atoms with Gasteiger partial charge in [-0.2, -0.15) is 25.3 Å². The van der Waals surface area contributed by atoms with Gasteiger partial charge in [0.25, 0.3) is 0 Å². The SMILES string of the molecule is CC(NC(=O)C(CS)NC(=O)C(CCCN=C(N)N)NC(=O)C(N)CS)C(=O)O. The Bertz CT molecular complexity index is 616. The third kappa shape index (κ3) is 10.8. The lowest BCUT2D eigenvalue weighted by molar-refractivity contribution is -0.141. The monoisotopic (exact) mass is 451 g/mol. The topological polar surface area (TPSA) is 215 Å². The van der Waals surface area contributed by atoms with Crippen LogP contribution in [0.15, 0.2) is 4.99 Å². The number of hydrogen-bond acceptors (Lipinski definition) is 8. The van der Waals surface area contributed by atoms with E-state index in [1.807, 2.05) is 0 Å². The van der Waals surface area contributed by atoms with E-state index < -0.39 is 47.9 Å². The molecule has 29 heavy (non-hydrogen) atoms. The first-order chi connectivity index (χ1) is 13.5. The summed E-state index contributed by atoms with van der Waals surface area (Å²) in [6, 6.07) is -4.20. The molecule has 0 saturated heterocycles. The Balaban J connectivity index is 5.12. The van der Waals surface area contributed by atoms with Crippen LogP contribution in [0.2, 0.25) is 0 Å². The molecule has 166 valence electrons. The molecule has 0 aliphatic rings. The highest BCUT2D eigenvalue weighted by molar-refractivity contribution is 7.80. The summed E-state index contributed by atoms with van der Waals surface area (Å²) in [4.78, 5) is 51.5. The van der Waals surface area contributed by atoms with Crippen LogP contribution in [-0.2, 0) is 19.2 Å². The molecule has 4 atom stereocenters. The van der Waals surface area contributed by atoms with Gasteiger partial charge in [0.15, 0.2) is 5.96 Å². The Hall–Kier alpha value is -2.19. The summed E-state index contributed by atoms with van der Waals surface area (Å²) in [6.07, 6.45) is 0.528. The molecule has 0 rings (SSSR count). The molecule has 4 unspecified atom stereocenters. The van der Waals surface area contributed by atoms with E-state index in [4.69, 9.17) is 22.3 Å². The number of carboxylic acids is 1. The number of nitrogens with two attached hydrogens (primary N) is 3. The van der Waals surface area contributed by atoms with Crippen molar-refractivity contribution < 1.29 is 24.3 Å². The maximum atomic E-state index is 12.6. The van der Waals surface area contributed by atoms with Crippen molar-refractivity contribution in [1.29, 1.82) is 0 Å². The Morgan fingerprint density at radius 1 is 0.966 bits per heavy atom. The number of amides is 3. The third-order valence-electron chi connectivity index (χ3n) is 3.66. The number of guanidine groups is 1. The van der Waals surface area contributed by atoms with E-state index in [9.17, 15) is 19.2 Å². The maximum Gasteiger partial charge on any atom is 0.325 e. The molecule has 3 amide bonds. The summed E-state index contributed by atoms with van der Waals surface area (Å²) >= 11 is 7.95. The predicted molar refractivity (Wildman–Crippen MR) is 115 cm³/mol. The summed E-state index contributed by atoms with van der Waals surface area (Å²) in [6.45, 7) is 1.51. The molecule has 0 spiro atoms. The van der Waals surface area contributed by atoms with Crippen molar-refractivity contribution in [3.05, 3.63) is 0 Å². The van der Waals surface area contributed by atoms with Gasteiger partial charge in [0, 0.05) is 18.1 Å². The molecule has 0 aliphatic carbocycles. The number of nitrogens with zero attached hydrogens (tertiary/aromatic N) is 1. The van der Waals surface area contributed by atoms with Crippen molar-refractivity contribution in [3.63, 3.8) is 0 Å². The smallest absolute Gasteiger partial charge is 0.325 e. The average Bonchev–Trinajstić information content (AvgIpc) is 2.66. The highest BCUT2D eigenvalue weighted by atomic mass is 32.1. The lowest BCUT2D eigenvalue weighted by atomic mass is 10.1. The molecular formula is C15H29N7O5S2. The molecule has 0 fully saturated rings. The number of aliphatic imine (C=N–C) groups is 1. The van der Waals surface area contributed by atoms with Gasteiger partial charge in [0.1, 0.15) is 18.1 Å². The second-order valence-corrected chi connectivity index (χ2v) is 6.84. The van der Waals surface area contributed by atoms with Crippen LogP contribution in [0.5, 0.6) is 0 Å². The molecule has 0 bridgehead atoms. The number of thiol groups is 2. The first-order valence-corrected chi connectivity index (χ1v) is 9.96. The van der Waals surface area contributed by atoms with Gasteiger partial charge in [-0.15, -0.1) is 0 Å². The van der Waals surface area contributed by atoms with Crippen LogP contribution in [0, 0.1) is 0 Å². The summed E-state index contributed by atoms with van der Waals surface area (Å²) in [7, 11) is 0. The van der Waals surface area contributed by atoms with E-state index in [1.54, 1.807) is 0 Å². The Morgan fingerprint density at radius 2 is 1.52 bits per heavy atom. The van der Waals surface area contributed by atoms with E-state index in [1.165, 1.54) is 6.92 Å². The number of carbonyl (C=O) groups is 4. The molecule has 0 aromatic carbocycles. The van der Waals surface area contributed by atoms with Crippen molar-refractivity contribution in [2.75, 3.05) is 18.1 Å². The first kappa shape index (κ1) is 26.8.